The molecule has 4 rings (SSSR count). The molecule has 160 valence electrons. The van der Waals surface area contributed by atoms with Gasteiger partial charge in [0, 0.05) is 19.5 Å². The normalized spacial score (nSPS) is 17.5. The lowest BCUT2D eigenvalue weighted by atomic mass is 9.95. The highest BCUT2D eigenvalue weighted by Crippen LogP contribution is 2.28. The van der Waals surface area contributed by atoms with Crippen LogP contribution >= 0.6 is 0 Å². The Kier molecular flexibility index (Phi) is 5.84. The standard InChI is InChI=1S/C24H24N2O5/c1-31-24(30)17-11-13-25(14-12-17)23(29)20(15-16-7-3-2-4-8-16)26-21(27)18-9-5-6-10-19(18)22(26)28/h2-10,17,20H,11-15H2,1H3. The molecule has 1 saturated heterocycles. The number of methoxy groups -OCH3 is 1. The van der Waals surface area contributed by atoms with Crippen LogP contribution in [0, 0.1) is 5.92 Å². The number of ether oxygens (including phenoxy) is 1. The zero-order chi connectivity index (χ0) is 22.0. The zero-order valence-electron chi connectivity index (χ0n) is 17.3. The number of rotatable bonds is 5. The number of carbonyl (C=O) groups is 4. The summed E-state index contributed by atoms with van der Waals surface area (Å²) in [6.45, 7) is 0.764. The molecule has 0 spiro atoms. The molecule has 2 aromatic rings. The third-order valence-electron chi connectivity index (χ3n) is 6.04. The van der Waals surface area contributed by atoms with Crippen LogP contribution in [0.4, 0.5) is 0 Å². The molecule has 0 saturated carbocycles. The molecule has 3 amide bonds. The topological polar surface area (TPSA) is 84.0 Å². The molecule has 2 aromatic carbocycles. The van der Waals surface area contributed by atoms with Gasteiger partial charge in [-0.1, -0.05) is 42.5 Å². The Bertz CT molecular complexity index is 977. The number of esters is 1. The second kappa shape index (κ2) is 8.71. The van der Waals surface area contributed by atoms with E-state index in [4.69, 9.17) is 4.74 Å². The lowest BCUT2D eigenvalue weighted by Gasteiger charge is -2.35. The fraction of sp³-hybridized carbons (Fsp3) is 0.333. The van der Waals surface area contributed by atoms with E-state index < -0.39 is 17.9 Å². The Labute approximate surface area is 180 Å². The third kappa shape index (κ3) is 3.95. The van der Waals surface area contributed by atoms with Crippen LogP contribution in [-0.2, 0) is 20.7 Å². The minimum atomic E-state index is -0.940. The lowest BCUT2D eigenvalue weighted by Crippen LogP contribution is -2.54. The van der Waals surface area contributed by atoms with Crippen LogP contribution < -0.4 is 0 Å². The van der Waals surface area contributed by atoms with Gasteiger partial charge in [0.25, 0.3) is 11.8 Å². The molecule has 31 heavy (non-hydrogen) atoms. The van der Waals surface area contributed by atoms with Crippen LogP contribution in [0.5, 0.6) is 0 Å². The zero-order valence-corrected chi connectivity index (χ0v) is 17.3. The molecule has 0 aromatic heterocycles. The van der Waals surface area contributed by atoms with Crippen LogP contribution in [0.15, 0.2) is 54.6 Å². The minimum Gasteiger partial charge on any atom is -0.469 e. The molecule has 0 N–H and O–H groups in total. The van der Waals surface area contributed by atoms with Gasteiger partial charge in [-0.25, -0.2) is 0 Å². The second-order valence-corrected chi connectivity index (χ2v) is 7.85. The van der Waals surface area contributed by atoms with Gasteiger partial charge in [0.1, 0.15) is 6.04 Å². The van der Waals surface area contributed by atoms with E-state index in [1.54, 1.807) is 29.2 Å². The number of piperidine rings is 1. The molecule has 2 aliphatic heterocycles. The van der Waals surface area contributed by atoms with Crippen molar-refractivity contribution in [1.29, 1.82) is 0 Å². The van der Waals surface area contributed by atoms with Crippen LogP contribution in [0.1, 0.15) is 39.1 Å². The Balaban J connectivity index is 1.60. The van der Waals surface area contributed by atoms with Gasteiger partial charge >= 0.3 is 5.97 Å². The number of benzene rings is 2. The number of carbonyl (C=O) groups excluding carboxylic acids is 4. The summed E-state index contributed by atoms with van der Waals surface area (Å²) in [5.74, 6) is -1.67. The molecule has 0 aliphatic carbocycles. The number of fused-ring (bicyclic) bond motifs is 1. The Morgan fingerprint density at radius 2 is 1.48 bits per heavy atom. The highest BCUT2D eigenvalue weighted by atomic mass is 16.5. The van der Waals surface area contributed by atoms with Crippen molar-refractivity contribution in [2.75, 3.05) is 20.2 Å². The van der Waals surface area contributed by atoms with Crippen LogP contribution in [0.2, 0.25) is 0 Å². The summed E-state index contributed by atoms with van der Waals surface area (Å²) in [5.41, 5.74) is 1.51. The van der Waals surface area contributed by atoms with E-state index >= 15 is 0 Å². The van der Waals surface area contributed by atoms with Crippen molar-refractivity contribution >= 4 is 23.7 Å². The summed E-state index contributed by atoms with van der Waals surface area (Å²) >= 11 is 0. The average molecular weight is 420 g/mol. The summed E-state index contributed by atoms with van der Waals surface area (Å²) in [5, 5.41) is 0. The summed E-state index contributed by atoms with van der Waals surface area (Å²) in [6.07, 6.45) is 1.24. The van der Waals surface area contributed by atoms with Crippen molar-refractivity contribution in [3.63, 3.8) is 0 Å². The molecule has 1 atom stereocenters. The summed E-state index contributed by atoms with van der Waals surface area (Å²) < 4.78 is 4.82. The number of nitrogens with zero attached hydrogens (tertiary/aromatic N) is 2. The maximum atomic E-state index is 13.5. The van der Waals surface area contributed by atoms with Crippen molar-refractivity contribution < 1.29 is 23.9 Å². The van der Waals surface area contributed by atoms with Gasteiger partial charge in [-0.2, -0.15) is 0 Å². The van der Waals surface area contributed by atoms with Gasteiger partial charge in [-0.3, -0.25) is 24.1 Å². The van der Waals surface area contributed by atoms with Crippen molar-refractivity contribution in [1.82, 2.24) is 9.80 Å². The Hall–Kier alpha value is -3.48. The predicted octanol–water partition coefficient (Wildman–Crippen LogP) is 2.31. The molecule has 1 unspecified atom stereocenters. The highest BCUT2D eigenvalue weighted by molar-refractivity contribution is 6.22. The van der Waals surface area contributed by atoms with Crippen molar-refractivity contribution in [3.05, 3.63) is 71.3 Å². The fourth-order valence-corrected chi connectivity index (χ4v) is 4.33. The first-order valence-electron chi connectivity index (χ1n) is 10.4. The second-order valence-electron chi connectivity index (χ2n) is 7.85. The van der Waals surface area contributed by atoms with Gasteiger partial charge in [0.15, 0.2) is 0 Å². The van der Waals surface area contributed by atoms with Crippen LogP contribution in [0.25, 0.3) is 0 Å². The summed E-state index contributed by atoms with van der Waals surface area (Å²) in [4.78, 5) is 54.3. The SMILES string of the molecule is COC(=O)C1CCN(C(=O)C(Cc2ccccc2)N2C(=O)c3ccccc3C2=O)CC1. The minimum absolute atomic E-state index is 0.235. The smallest absolute Gasteiger partial charge is 0.308 e. The first-order chi connectivity index (χ1) is 15.0. The molecule has 1 fully saturated rings. The molecule has 2 aliphatic rings. The van der Waals surface area contributed by atoms with Gasteiger partial charge in [-0.15, -0.1) is 0 Å². The van der Waals surface area contributed by atoms with Gasteiger partial charge in [0.2, 0.25) is 5.91 Å². The largest absolute Gasteiger partial charge is 0.469 e. The first-order valence-corrected chi connectivity index (χ1v) is 10.4. The molecule has 0 radical (unpaired) electrons. The summed E-state index contributed by atoms with van der Waals surface area (Å²) in [7, 11) is 1.36. The maximum absolute atomic E-state index is 13.5. The number of amides is 3. The Morgan fingerprint density at radius 3 is 2.03 bits per heavy atom. The fourth-order valence-electron chi connectivity index (χ4n) is 4.33. The van der Waals surface area contributed by atoms with E-state index in [0.717, 1.165) is 10.5 Å². The van der Waals surface area contributed by atoms with Crippen molar-refractivity contribution in [2.45, 2.75) is 25.3 Å². The number of likely N-dealkylation sites (tertiary alicyclic amines) is 1. The lowest BCUT2D eigenvalue weighted by molar-refractivity contribution is -0.149. The van der Waals surface area contributed by atoms with Gasteiger partial charge < -0.3 is 9.64 Å². The number of hydrogen-bond acceptors (Lipinski definition) is 5. The average Bonchev–Trinajstić information content (AvgIpc) is 3.07. The number of imide groups is 1. The molecule has 0 bridgehead atoms. The molecular formula is C24H24N2O5. The maximum Gasteiger partial charge on any atom is 0.308 e. The van der Waals surface area contributed by atoms with E-state index in [0.29, 0.717) is 37.1 Å². The molecule has 2 heterocycles. The monoisotopic (exact) mass is 420 g/mol. The van der Waals surface area contributed by atoms with E-state index in [9.17, 15) is 19.2 Å². The van der Waals surface area contributed by atoms with Gasteiger partial charge in [0.05, 0.1) is 24.2 Å². The third-order valence-corrected chi connectivity index (χ3v) is 6.04. The van der Waals surface area contributed by atoms with Crippen LogP contribution in [-0.4, -0.2) is 59.7 Å². The molecular weight excluding hydrogens is 396 g/mol. The van der Waals surface area contributed by atoms with E-state index in [-0.39, 0.29) is 24.2 Å². The quantitative estimate of drug-likeness (QED) is 0.548. The van der Waals surface area contributed by atoms with E-state index in [2.05, 4.69) is 0 Å². The first kappa shape index (κ1) is 20.8. The van der Waals surface area contributed by atoms with E-state index in [1.165, 1.54) is 7.11 Å². The predicted molar refractivity (Wildman–Crippen MR) is 112 cm³/mol. The Morgan fingerprint density at radius 1 is 0.935 bits per heavy atom. The highest BCUT2D eigenvalue weighted by Gasteiger charge is 2.44. The van der Waals surface area contributed by atoms with E-state index in [1.807, 2.05) is 30.3 Å². The van der Waals surface area contributed by atoms with Crippen molar-refractivity contribution in [2.24, 2.45) is 5.92 Å². The van der Waals surface area contributed by atoms with Gasteiger partial charge in [-0.05, 0) is 30.5 Å². The van der Waals surface area contributed by atoms with Crippen LogP contribution in [0.3, 0.4) is 0 Å². The summed E-state index contributed by atoms with van der Waals surface area (Å²) in [6, 6.07) is 15.1. The molecule has 7 heteroatoms. The molecule has 7 nitrogen and oxygen atoms in total. The van der Waals surface area contributed by atoms with Crippen molar-refractivity contribution in [3.8, 4) is 0 Å². The number of hydrogen-bond donors (Lipinski definition) is 0.